The first-order valence-corrected chi connectivity index (χ1v) is 5.53. The van der Waals surface area contributed by atoms with E-state index in [1.54, 1.807) is 7.05 Å². The third-order valence-electron chi connectivity index (χ3n) is 2.34. The molecule has 0 atom stereocenters. The predicted octanol–water partition coefficient (Wildman–Crippen LogP) is -0.950. The summed E-state index contributed by atoms with van der Waals surface area (Å²) in [6.07, 6.45) is 1.33. The van der Waals surface area contributed by atoms with Crippen molar-refractivity contribution < 1.29 is 4.79 Å². The summed E-state index contributed by atoms with van der Waals surface area (Å²) in [5.41, 5.74) is 0.199. The largest absolute Gasteiger partial charge is 0.352 e. The fraction of sp³-hybridized carbons (Fsp3) is 0.500. The van der Waals surface area contributed by atoms with Crippen molar-refractivity contribution in [2.24, 2.45) is 7.05 Å². The number of nitrogens with zero attached hydrogens (tertiary/aromatic N) is 5. The van der Waals surface area contributed by atoms with E-state index in [2.05, 4.69) is 20.6 Å². The maximum absolute atomic E-state index is 12.0. The summed E-state index contributed by atoms with van der Waals surface area (Å²) in [7, 11) is 1.65. The average Bonchev–Trinajstić information content (AvgIpc) is 2.64. The standard InChI is InChI=1S/C10H14N6O2/c1-6(2)12-7(17)4-16-5-11-9-8(10(16)18)13-14-15(9)3/h5-6H,4H2,1-3H3,(H,12,17). The Morgan fingerprint density at radius 3 is 2.89 bits per heavy atom. The van der Waals surface area contributed by atoms with Crippen molar-refractivity contribution in [3.8, 4) is 0 Å². The van der Waals surface area contributed by atoms with Gasteiger partial charge in [-0.05, 0) is 13.8 Å². The lowest BCUT2D eigenvalue weighted by Gasteiger charge is -2.09. The number of hydrogen-bond donors (Lipinski definition) is 1. The van der Waals surface area contributed by atoms with E-state index in [0.717, 1.165) is 0 Å². The van der Waals surface area contributed by atoms with Gasteiger partial charge in [-0.3, -0.25) is 14.2 Å². The second kappa shape index (κ2) is 4.55. The third kappa shape index (κ3) is 2.22. The molecule has 0 saturated heterocycles. The van der Waals surface area contributed by atoms with Crippen molar-refractivity contribution in [3.63, 3.8) is 0 Å². The van der Waals surface area contributed by atoms with E-state index in [-0.39, 0.29) is 29.6 Å². The van der Waals surface area contributed by atoms with Crippen molar-refractivity contribution in [2.75, 3.05) is 0 Å². The van der Waals surface area contributed by atoms with Crippen LogP contribution in [-0.2, 0) is 18.4 Å². The maximum atomic E-state index is 12.0. The number of carbonyl (C=O) groups excluding carboxylic acids is 1. The highest BCUT2D eigenvalue weighted by atomic mass is 16.2. The summed E-state index contributed by atoms with van der Waals surface area (Å²) in [5.74, 6) is -0.239. The molecule has 0 spiro atoms. The van der Waals surface area contributed by atoms with Crippen molar-refractivity contribution in [3.05, 3.63) is 16.7 Å². The Balaban J connectivity index is 2.32. The zero-order chi connectivity index (χ0) is 13.3. The molecule has 2 rings (SSSR count). The van der Waals surface area contributed by atoms with E-state index in [0.29, 0.717) is 5.65 Å². The summed E-state index contributed by atoms with van der Waals surface area (Å²) in [6, 6.07) is 0.0291. The van der Waals surface area contributed by atoms with E-state index < -0.39 is 0 Å². The van der Waals surface area contributed by atoms with Gasteiger partial charge in [0.15, 0.2) is 11.2 Å². The average molecular weight is 250 g/mol. The van der Waals surface area contributed by atoms with Crippen LogP contribution in [0.1, 0.15) is 13.8 Å². The Kier molecular flexibility index (Phi) is 3.09. The lowest BCUT2D eigenvalue weighted by Crippen LogP contribution is -2.36. The van der Waals surface area contributed by atoms with E-state index in [4.69, 9.17) is 0 Å². The topological polar surface area (TPSA) is 94.7 Å². The van der Waals surface area contributed by atoms with Gasteiger partial charge in [-0.2, -0.15) is 0 Å². The molecular weight excluding hydrogens is 236 g/mol. The molecule has 0 saturated carbocycles. The number of rotatable bonds is 3. The molecule has 2 aromatic rings. The number of amides is 1. The van der Waals surface area contributed by atoms with Gasteiger partial charge in [0.2, 0.25) is 5.91 Å². The summed E-state index contributed by atoms with van der Waals surface area (Å²) in [4.78, 5) is 27.6. The Hall–Kier alpha value is -2.25. The van der Waals surface area contributed by atoms with Gasteiger partial charge in [0.05, 0.1) is 0 Å². The Labute approximate surface area is 103 Å². The molecule has 0 fully saturated rings. The summed E-state index contributed by atoms with van der Waals surface area (Å²) >= 11 is 0. The molecule has 2 aromatic heterocycles. The van der Waals surface area contributed by atoms with Crippen molar-refractivity contribution in [1.82, 2.24) is 29.9 Å². The third-order valence-corrected chi connectivity index (χ3v) is 2.34. The molecule has 0 unspecified atom stereocenters. The van der Waals surface area contributed by atoms with Crippen molar-refractivity contribution in [2.45, 2.75) is 26.4 Å². The van der Waals surface area contributed by atoms with E-state index >= 15 is 0 Å². The molecule has 0 aliphatic rings. The minimum Gasteiger partial charge on any atom is -0.352 e. The normalized spacial score (nSPS) is 11.1. The molecule has 1 amide bonds. The Bertz CT molecular complexity index is 641. The number of hydrogen-bond acceptors (Lipinski definition) is 5. The van der Waals surface area contributed by atoms with E-state index in [9.17, 15) is 9.59 Å². The number of fused-ring (bicyclic) bond motifs is 1. The smallest absolute Gasteiger partial charge is 0.283 e. The fourth-order valence-corrected chi connectivity index (χ4v) is 1.58. The van der Waals surface area contributed by atoms with Crippen LogP contribution in [0.15, 0.2) is 11.1 Å². The maximum Gasteiger partial charge on any atom is 0.283 e. The molecular formula is C10H14N6O2. The molecule has 0 bridgehead atoms. The van der Waals surface area contributed by atoms with E-state index in [1.165, 1.54) is 15.6 Å². The van der Waals surface area contributed by atoms with Crippen LogP contribution in [-0.4, -0.2) is 36.5 Å². The molecule has 18 heavy (non-hydrogen) atoms. The SMILES string of the molecule is CC(C)NC(=O)Cn1cnc2c(nnn2C)c1=O. The first-order valence-electron chi connectivity index (χ1n) is 5.53. The molecule has 0 aliphatic heterocycles. The molecule has 8 nitrogen and oxygen atoms in total. The molecule has 0 radical (unpaired) electrons. The van der Waals surface area contributed by atoms with Crippen LogP contribution < -0.4 is 10.9 Å². The van der Waals surface area contributed by atoms with Gasteiger partial charge < -0.3 is 5.32 Å². The van der Waals surface area contributed by atoms with Gasteiger partial charge in [-0.15, -0.1) is 5.10 Å². The highest BCUT2D eigenvalue weighted by Crippen LogP contribution is 1.99. The van der Waals surface area contributed by atoms with Gasteiger partial charge >= 0.3 is 0 Å². The Morgan fingerprint density at radius 2 is 2.22 bits per heavy atom. The summed E-state index contributed by atoms with van der Waals surface area (Å²) in [6.45, 7) is 3.63. The lowest BCUT2D eigenvalue weighted by molar-refractivity contribution is -0.122. The predicted molar refractivity (Wildman–Crippen MR) is 63.8 cm³/mol. The number of nitrogens with one attached hydrogen (secondary N) is 1. The first-order chi connectivity index (χ1) is 8.49. The summed E-state index contributed by atoms with van der Waals surface area (Å²) in [5, 5.41) is 10.2. The molecule has 8 heteroatoms. The summed E-state index contributed by atoms with van der Waals surface area (Å²) < 4.78 is 2.63. The monoisotopic (exact) mass is 250 g/mol. The zero-order valence-corrected chi connectivity index (χ0v) is 10.4. The van der Waals surface area contributed by atoms with Crippen molar-refractivity contribution >= 4 is 17.1 Å². The number of carbonyl (C=O) groups is 1. The highest BCUT2D eigenvalue weighted by Gasteiger charge is 2.12. The molecule has 0 aliphatic carbocycles. The van der Waals surface area contributed by atoms with Crippen LogP contribution in [0.5, 0.6) is 0 Å². The van der Waals surface area contributed by atoms with Crippen LogP contribution in [0.3, 0.4) is 0 Å². The molecule has 0 aromatic carbocycles. The second-order valence-corrected chi connectivity index (χ2v) is 4.29. The van der Waals surface area contributed by atoms with Crippen LogP contribution >= 0.6 is 0 Å². The van der Waals surface area contributed by atoms with E-state index in [1.807, 2.05) is 13.8 Å². The van der Waals surface area contributed by atoms with Gasteiger partial charge in [0.25, 0.3) is 5.56 Å². The molecule has 1 N–H and O–H groups in total. The fourth-order valence-electron chi connectivity index (χ4n) is 1.58. The van der Waals surface area contributed by atoms with Gasteiger partial charge in [0, 0.05) is 13.1 Å². The quantitative estimate of drug-likeness (QED) is 0.757. The van der Waals surface area contributed by atoms with Crippen LogP contribution in [0.25, 0.3) is 11.2 Å². The van der Waals surface area contributed by atoms with Crippen LogP contribution in [0.2, 0.25) is 0 Å². The zero-order valence-electron chi connectivity index (χ0n) is 10.4. The van der Waals surface area contributed by atoms with Gasteiger partial charge in [0.1, 0.15) is 12.9 Å². The van der Waals surface area contributed by atoms with Gasteiger partial charge in [-0.25, -0.2) is 9.67 Å². The highest BCUT2D eigenvalue weighted by molar-refractivity contribution is 5.76. The van der Waals surface area contributed by atoms with Crippen LogP contribution in [0, 0.1) is 0 Å². The van der Waals surface area contributed by atoms with Crippen molar-refractivity contribution in [1.29, 1.82) is 0 Å². The Morgan fingerprint density at radius 1 is 1.50 bits per heavy atom. The lowest BCUT2D eigenvalue weighted by atomic mass is 10.4. The van der Waals surface area contributed by atoms with Gasteiger partial charge in [-0.1, -0.05) is 5.21 Å². The molecule has 96 valence electrons. The van der Waals surface area contributed by atoms with Crippen LogP contribution in [0.4, 0.5) is 0 Å². The second-order valence-electron chi connectivity index (χ2n) is 4.29. The molecule has 2 heterocycles. The first kappa shape index (κ1) is 12.2. The minimum atomic E-state index is -0.369. The number of aromatic nitrogens is 5. The number of aryl methyl sites for hydroxylation is 1. The minimum absolute atomic E-state index is 0.0291.